The average Bonchev–Trinajstić information content (AvgIpc) is 2.41. The lowest BCUT2D eigenvalue weighted by atomic mass is 10.1. The molecule has 0 amide bonds. The van der Waals surface area contributed by atoms with Crippen LogP contribution in [0.25, 0.3) is 0 Å². The summed E-state index contributed by atoms with van der Waals surface area (Å²) in [5, 5.41) is 0.375. The normalized spacial score (nSPS) is 39.6. The van der Waals surface area contributed by atoms with Crippen LogP contribution in [0.15, 0.2) is 22.2 Å². The molecular weight excluding hydrogens is 199 g/mol. The summed E-state index contributed by atoms with van der Waals surface area (Å²) in [6.07, 6.45) is 2.90. The lowest BCUT2D eigenvalue weighted by Gasteiger charge is -2.28. The maximum Gasteiger partial charge on any atom is 0.208 e. The van der Waals surface area contributed by atoms with E-state index < -0.39 is 11.7 Å². The number of Topliss-reactive ketones (excluding diaryl/α,β-unsaturated/α-hetero) is 1. The Morgan fingerprint density at radius 3 is 2.92 bits per heavy atom. The Balaban J connectivity index is 2.58. The van der Waals surface area contributed by atoms with E-state index in [0.29, 0.717) is 0 Å². The minimum absolute atomic E-state index is 0.0976. The van der Waals surface area contributed by atoms with Gasteiger partial charge in [-0.2, -0.15) is 0 Å². The van der Waals surface area contributed by atoms with Crippen molar-refractivity contribution in [3.05, 3.63) is 22.2 Å². The van der Waals surface area contributed by atoms with Gasteiger partial charge in [0.15, 0.2) is 0 Å². The highest BCUT2D eigenvalue weighted by molar-refractivity contribution is 6.50. The predicted octanol–water partition coefficient (Wildman–Crippen LogP) is 1.97. The molecule has 0 aromatic heterocycles. The highest BCUT2D eigenvalue weighted by Crippen LogP contribution is 2.41. The standard InChI is InChI=1S/C8H6Cl2O2/c1-8-3-2-4(12-8)6(11)5(9)7(8)10/h2-4H,1H3/t4-,8+/m0/s1. The molecule has 2 aliphatic heterocycles. The molecule has 0 aliphatic carbocycles. The molecule has 0 saturated heterocycles. The van der Waals surface area contributed by atoms with Crippen LogP contribution in [0.4, 0.5) is 0 Å². The van der Waals surface area contributed by atoms with E-state index in [2.05, 4.69) is 0 Å². The Morgan fingerprint density at radius 2 is 2.25 bits per heavy atom. The van der Waals surface area contributed by atoms with Crippen molar-refractivity contribution in [1.29, 1.82) is 0 Å². The van der Waals surface area contributed by atoms with E-state index in [1.807, 2.05) is 0 Å². The van der Waals surface area contributed by atoms with Gasteiger partial charge in [0.1, 0.15) is 16.7 Å². The molecule has 2 atom stereocenters. The van der Waals surface area contributed by atoms with Gasteiger partial charge in [-0.15, -0.1) is 0 Å². The van der Waals surface area contributed by atoms with Crippen molar-refractivity contribution >= 4 is 29.0 Å². The number of hydrogen-bond acceptors (Lipinski definition) is 2. The van der Waals surface area contributed by atoms with Crippen LogP contribution in [-0.2, 0) is 9.53 Å². The van der Waals surface area contributed by atoms with Gasteiger partial charge < -0.3 is 4.74 Å². The second-order valence-electron chi connectivity index (χ2n) is 3.00. The molecule has 2 aliphatic rings. The molecule has 0 radical (unpaired) electrons. The molecule has 0 aromatic carbocycles. The largest absolute Gasteiger partial charge is 0.350 e. The van der Waals surface area contributed by atoms with Gasteiger partial charge >= 0.3 is 0 Å². The van der Waals surface area contributed by atoms with E-state index in [1.54, 1.807) is 19.1 Å². The number of carbonyl (C=O) groups is 1. The number of carbonyl (C=O) groups excluding carboxylic acids is 1. The number of ether oxygens (including phenoxy) is 1. The van der Waals surface area contributed by atoms with Crippen molar-refractivity contribution in [2.24, 2.45) is 0 Å². The Labute approximate surface area is 79.8 Å². The summed E-state index contributed by atoms with van der Waals surface area (Å²) in [6.45, 7) is 1.78. The maximum atomic E-state index is 11.3. The van der Waals surface area contributed by atoms with Crippen LogP contribution in [0.3, 0.4) is 0 Å². The third kappa shape index (κ3) is 0.889. The molecular formula is C8H6Cl2O2. The fraction of sp³-hybridized carbons (Fsp3) is 0.375. The van der Waals surface area contributed by atoms with Gasteiger partial charge in [-0.3, -0.25) is 4.79 Å². The first-order valence-electron chi connectivity index (χ1n) is 3.52. The van der Waals surface area contributed by atoms with Crippen molar-refractivity contribution in [3.63, 3.8) is 0 Å². The third-order valence-corrected chi connectivity index (χ3v) is 3.10. The summed E-state index contributed by atoms with van der Waals surface area (Å²) in [4.78, 5) is 11.3. The van der Waals surface area contributed by atoms with Crippen molar-refractivity contribution < 1.29 is 9.53 Å². The molecule has 2 heterocycles. The summed E-state index contributed by atoms with van der Waals surface area (Å²) in [6, 6.07) is 0. The third-order valence-electron chi connectivity index (χ3n) is 2.06. The van der Waals surface area contributed by atoms with Crippen LogP contribution >= 0.6 is 23.2 Å². The molecule has 0 spiro atoms. The van der Waals surface area contributed by atoms with Crippen LogP contribution in [0, 0.1) is 0 Å². The summed E-state index contributed by atoms with van der Waals surface area (Å²) >= 11 is 11.6. The predicted molar refractivity (Wildman–Crippen MR) is 46.2 cm³/mol. The van der Waals surface area contributed by atoms with Crippen LogP contribution < -0.4 is 0 Å². The molecule has 2 rings (SSSR count). The highest BCUT2D eigenvalue weighted by atomic mass is 35.5. The van der Waals surface area contributed by atoms with Crippen LogP contribution in [0.1, 0.15) is 6.92 Å². The summed E-state index contributed by atoms with van der Waals surface area (Å²) in [7, 11) is 0. The number of ketones is 1. The van der Waals surface area contributed by atoms with E-state index in [0.717, 1.165) is 0 Å². The maximum absolute atomic E-state index is 11.3. The second kappa shape index (κ2) is 2.34. The van der Waals surface area contributed by atoms with Crippen molar-refractivity contribution in [2.45, 2.75) is 18.6 Å². The van der Waals surface area contributed by atoms with Gasteiger partial charge in [-0.25, -0.2) is 0 Å². The fourth-order valence-electron chi connectivity index (χ4n) is 1.33. The molecule has 0 N–H and O–H groups in total. The van der Waals surface area contributed by atoms with Gasteiger partial charge in [-0.05, 0) is 19.1 Å². The zero-order valence-electron chi connectivity index (χ0n) is 6.30. The number of rotatable bonds is 0. The molecule has 64 valence electrons. The minimum Gasteiger partial charge on any atom is -0.350 e. The van der Waals surface area contributed by atoms with Crippen molar-refractivity contribution in [1.82, 2.24) is 0 Å². The van der Waals surface area contributed by atoms with Crippen LogP contribution in [0.2, 0.25) is 0 Å². The van der Waals surface area contributed by atoms with E-state index >= 15 is 0 Å². The smallest absolute Gasteiger partial charge is 0.208 e. The Hall–Kier alpha value is -0.310. The van der Waals surface area contributed by atoms with Gasteiger partial charge in [0.25, 0.3) is 0 Å². The fourth-order valence-corrected chi connectivity index (χ4v) is 1.83. The van der Waals surface area contributed by atoms with E-state index in [9.17, 15) is 4.79 Å². The van der Waals surface area contributed by atoms with Crippen molar-refractivity contribution in [3.8, 4) is 0 Å². The van der Waals surface area contributed by atoms with Crippen LogP contribution in [0.5, 0.6) is 0 Å². The highest BCUT2D eigenvalue weighted by Gasteiger charge is 2.44. The zero-order valence-corrected chi connectivity index (χ0v) is 7.82. The Bertz CT molecular complexity index is 319. The first-order chi connectivity index (χ1) is 5.54. The van der Waals surface area contributed by atoms with Gasteiger partial charge in [0.05, 0.1) is 5.03 Å². The zero-order chi connectivity index (χ0) is 8.93. The second-order valence-corrected chi connectivity index (χ2v) is 3.75. The quantitative estimate of drug-likeness (QED) is 0.565. The molecule has 0 fully saturated rings. The Kier molecular flexibility index (Phi) is 1.62. The molecule has 0 unspecified atom stereocenters. The monoisotopic (exact) mass is 204 g/mol. The van der Waals surface area contributed by atoms with Gasteiger partial charge in [0.2, 0.25) is 5.78 Å². The average molecular weight is 205 g/mol. The lowest BCUT2D eigenvalue weighted by Crippen LogP contribution is -2.36. The first-order valence-corrected chi connectivity index (χ1v) is 4.27. The molecule has 12 heavy (non-hydrogen) atoms. The first kappa shape index (κ1) is 8.30. The van der Waals surface area contributed by atoms with Crippen LogP contribution in [-0.4, -0.2) is 17.5 Å². The Morgan fingerprint density at radius 1 is 1.58 bits per heavy atom. The van der Waals surface area contributed by atoms with Gasteiger partial charge in [-0.1, -0.05) is 23.2 Å². The molecule has 2 bridgehead atoms. The molecule has 0 saturated carbocycles. The molecule has 0 aromatic rings. The topological polar surface area (TPSA) is 26.3 Å². The number of halogens is 2. The lowest BCUT2D eigenvalue weighted by molar-refractivity contribution is -0.128. The minimum atomic E-state index is -0.683. The summed E-state index contributed by atoms with van der Waals surface area (Å²) in [5.74, 6) is -0.257. The summed E-state index contributed by atoms with van der Waals surface area (Å²) < 4.78 is 5.34. The summed E-state index contributed by atoms with van der Waals surface area (Å²) in [5.41, 5.74) is -0.683. The molecule has 4 heteroatoms. The van der Waals surface area contributed by atoms with E-state index in [-0.39, 0.29) is 15.8 Å². The van der Waals surface area contributed by atoms with E-state index in [1.165, 1.54) is 0 Å². The number of fused-ring (bicyclic) bond motifs is 2. The SMILES string of the molecule is C[C@]12C=C[C@H](O1)C(=O)C(Cl)=C2Cl. The van der Waals surface area contributed by atoms with Crippen molar-refractivity contribution in [2.75, 3.05) is 0 Å². The van der Waals surface area contributed by atoms with Gasteiger partial charge in [0, 0.05) is 0 Å². The molecule has 2 nitrogen and oxygen atoms in total. The number of hydrogen-bond donors (Lipinski definition) is 0. The van der Waals surface area contributed by atoms with E-state index in [4.69, 9.17) is 27.9 Å².